The highest BCUT2D eigenvalue weighted by Crippen LogP contribution is 2.55. The standard InChI is InChI=1S/C23H26F12O4/c1-11(2)10-17(6,16(3,4)5)15(36)39-14-8-12(18(37,20(24,25)26)21(27,28)29)7-13(9-14)19(38,22(30,31)32)23(33,34)35/h7-9,11,37-38H,10H2,1-6H3. The Morgan fingerprint density at radius 1 is 0.692 bits per heavy atom. The summed E-state index contributed by atoms with van der Waals surface area (Å²) in [5.41, 5.74) is -20.0. The van der Waals surface area contributed by atoms with Crippen LogP contribution in [0.25, 0.3) is 0 Å². The van der Waals surface area contributed by atoms with E-state index in [1.807, 2.05) is 0 Å². The van der Waals surface area contributed by atoms with E-state index in [9.17, 15) is 67.7 Å². The number of carbonyl (C=O) groups excluding carboxylic acids is 1. The van der Waals surface area contributed by atoms with Crippen molar-refractivity contribution in [2.45, 2.75) is 83.9 Å². The highest BCUT2D eigenvalue weighted by atomic mass is 19.4. The van der Waals surface area contributed by atoms with Crippen molar-refractivity contribution in [3.05, 3.63) is 29.3 Å². The molecular weight excluding hydrogens is 568 g/mol. The van der Waals surface area contributed by atoms with Gasteiger partial charge < -0.3 is 14.9 Å². The van der Waals surface area contributed by atoms with Crippen molar-refractivity contribution in [1.82, 2.24) is 0 Å². The van der Waals surface area contributed by atoms with Gasteiger partial charge in [0.05, 0.1) is 5.41 Å². The lowest BCUT2D eigenvalue weighted by Crippen LogP contribution is -2.55. The lowest BCUT2D eigenvalue weighted by Gasteiger charge is -2.41. The maximum absolute atomic E-state index is 13.5. The summed E-state index contributed by atoms with van der Waals surface area (Å²) in [4.78, 5) is 13.1. The molecule has 1 aromatic carbocycles. The molecule has 0 bridgehead atoms. The molecule has 0 heterocycles. The second-order valence-corrected chi connectivity index (χ2v) is 10.7. The van der Waals surface area contributed by atoms with E-state index in [0.29, 0.717) is 0 Å². The molecule has 0 saturated heterocycles. The van der Waals surface area contributed by atoms with Gasteiger partial charge in [0, 0.05) is 11.1 Å². The summed E-state index contributed by atoms with van der Waals surface area (Å²) in [6.45, 7) is 8.96. The van der Waals surface area contributed by atoms with E-state index in [2.05, 4.69) is 0 Å². The molecule has 1 atom stereocenters. The number of halogens is 12. The predicted octanol–water partition coefficient (Wildman–Crippen LogP) is 7.31. The Hall–Kier alpha value is -2.23. The number of hydrogen-bond acceptors (Lipinski definition) is 4. The van der Waals surface area contributed by atoms with Gasteiger partial charge in [-0.3, -0.25) is 4.79 Å². The number of esters is 1. The van der Waals surface area contributed by atoms with Crippen LogP contribution in [0.1, 0.15) is 59.1 Å². The molecule has 0 aromatic heterocycles. The quantitative estimate of drug-likeness (QED) is 0.206. The van der Waals surface area contributed by atoms with Gasteiger partial charge in [-0.1, -0.05) is 34.6 Å². The van der Waals surface area contributed by atoms with Crippen molar-refractivity contribution in [3.8, 4) is 5.75 Å². The van der Waals surface area contributed by atoms with Gasteiger partial charge in [-0.05, 0) is 42.9 Å². The van der Waals surface area contributed by atoms with Gasteiger partial charge in [-0.2, -0.15) is 52.7 Å². The molecule has 1 unspecified atom stereocenters. The maximum atomic E-state index is 13.5. The zero-order chi connectivity index (χ0) is 31.4. The zero-order valence-electron chi connectivity index (χ0n) is 21.3. The van der Waals surface area contributed by atoms with E-state index in [0.717, 1.165) is 0 Å². The average Bonchev–Trinajstić information content (AvgIpc) is 2.67. The van der Waals surface area contributed by atoms with Crippen LogP contribution in [-0.2, 0) is 16.0 Å². The second-order valence-electron chi connectivity index (χ2n) is 10.7. The SMILES string of the molecule is CC(C)CC(C)(C(=O)Oc1cc(C(O)(C(F)(F)F)C(F)(F)F)cc(C(O)(C(F)(F)F)C(F)(F)F)c1)C(C)(C)C. The van der Waals surface area contributed by atoms with Crippen molar-refractivity contribution in [1.29, 1.82) is 0 Å². The van der Waals surface area contributed by atoms with Crippen molar-refractivity contribution in [2.24, 2.45) is 16.7 Å². The summed E-state index contributed by atoms with van der Waals surface area (Å²) in [6.07, 6.45) is -27.0. The predicted molar refractivity (Wildman–Crippen MR) is 111 cm³/mol. The van der Waals surface area contributed by atoms with E-state index in [-0.39, 0.29) is 24.5 Å². The Balaban J connectivity index is 4.17. The highest BCUT2D eigenvalue weighted by molar-refractivity contribution is 5.80. The van der Waals surface area contributed by atoms with Crippen LogP contribution in [0.4, 0.5) is 52.7 Å². The van der Waals surface area contributed by atoms with Gasteiger partial charge in [-0.15, -0.1) is 0 Å². The normalized spacial score (nSPS) is 16.3. The minimum Gasteiger partial charge on any atom is -0.426 e. The molecule has 39 heavy (non-hydrogen) atoms. The summed E-state index contributed by atoms with van der Waals surface area (Å²) >= 11 is 0. The second kappa shape index (κ2) is 10.00. The lowest BCUT2D eigenvalue weighted by atomic mass is 9.64. The number of hydrogen-bond donors (Lipinski definition) is 2. The fourth-order valence-corrected chi connectivity index (χ4v) is 3.78. The van der Waals surface area contributed by atoms with Gasteiger partial charge in [0.1, 0.15) is 5.75 Å². The van der Waals surface area contributed by atoms with E-state index >= 15 is 0 Å². The van der Waals surface area contributed by atoms with Crippen LogP contribution in [0.15, 0.2) is 18.2 Å². The fraction of sp³-hybridized carbons (Fsp3) is 0.696. The zero-order valence-corrected chi connectivity index (χ0v) is 21.3. The van der Waals surface area contributed by atoms with Crippen molar-refractivity contribution in [2.75, 3.05) is 0 Å². The number of alkyl halides is 12. The van der Waals surface area contributed by atoms with Crippen LogP contribution in [-0.4, -0.2) is 40.9 Å². The minimum absolute atomic E-state index is 0.0358. The first-order valence-corrected chi connectivity index (χ1v) is 11.0. The molecule has 0 fully saturated rings. The topological polar surface area (TPSA) is 66.8 Å². The van der Waals surface area contributed by atoms with E-state index in [4.69, 9.17) is 4.74 Å². The van der Waals surface area contributed by atoms with Gasteiger partial charge in [0.2, 0.25) is 0 Å². The van der Waals surface area contributed by atoms with Crippen LogP contribution < -0.4 is 4.74 Å². The first kappa shape index (κ1) is 34.8. The molecule has 0 aliphatic heterocycles. The summed E-state index contributed by atoms with van der Waals surface area (Å²) in [5.74, 6) is -3.35. The Morgan fingerprint density at radius 2 is 1.00 bits per heavy atom. The van der Waals surface area contributed by atoms with E-state index in [1.54, 1.807) is 13.8 Å². The van der Waals surface area contributed by atoms with Crippen LogP contribution >= 0.6 is 0 Å². The van der Waals surface area contributed by atoms with Crippen LogP contribution in [0.2, 0.25) is 0 Å². The van der Waals surface area contributed by atoms with Gasteiger partial charge in [-0.25, -0.2) is 0 Å². The largest absolute Gasteiger partial charge is 0.430 e. The molecule has 16 heteroatoms. The molecule has 0 saturated carbocycles. The molecule has 0 radical (unpaired) electrons. The highest BCUT2D eigenvalue weighted by Gasteiger charge is 2.74. The van der Waals surface area contributed by atoms with E-state index in [1.165, 1.54) is 27.7 Å². The van der Waals surface area contributed by atoms with Crippen molar-refractivity contribution >= 4 is 5.97 Å². The van der Waals surface area contributed by atoms with Crippen LogP contribution in [0.5, 0.6) is 5.75 Å². The van der Waals surface area contributed by atoms with Gasteiger partial charge >= 0.3 is 30.7 Å². The molecule has 0 aliphatic carbocycles. The number of benzene rings is 1. The minimum atomic E-state index is -6.74. The molecule has 4 nitrogen and oxygen atoms in total. The van der Waals surface area contributed by atoms with E-state index < -0.39 is 75.6 Å². The maximum Gasteiger partial charge on any atom is 0.430 e. The Labute approximate surface area is 214 Å². The third-order valence-corrected chi connectivity index (χ3v) is 6.52. The fourth-order valence-electron chi connectivity index (χ4n) is 3.78. The molecule has 2 N–H and O–H groups in total. The summed E-state index contributed by atoms with van der Waals surface area (Å²) in [6, 6.07) is -1.68. The van der Waals surface area contributed by atoms with Crippen molar-refractivity contribution < 1.29 is 72.4 Å². The molecule has 0 spiro atoms. The van der Waals surface area contributed by atoms with Crippen LogP contribution in [0, 0.1) is 16.7 Å². The number of rotatable bonds is 6. The molecule has 0 amide bonds. The third-order valence-electron chi connectivity index (χ3n) is 6.52. The first-order valence-electron chi connectivity index (χ1n) is 11.0. The summed E-state index contributed by atoms with van der Waals surface area (Å²) in [5, 5.41) is 19.4. The first-order chi connectivity index (χ1) is 16.9. The number of aliphatic hydroxyl groups is 2. The molecule has 226 valence electrons. The van der Waals surface area contributed by atoms with Gasteiger partial charge in [0.15, 0.2) is 0 Å². The Morgan fingerprint density at radius 3 is 1.23 bits per heavy atom. The molecule has 1 rings (SSSR count). The Bertz CT molecular complexity index is 961. The molecule has 1 aromatic rings. The molecule has 0 aliphatic rings. The number of carbonyl (C=O) groups is 1. The smallest absolute Gasteiger partial charge is 0.426 e. The molecular formula is C23H26F12O4. The summed E-state index contributed by atoms with van der Waals surface area (Å²) in [7, 11) is 0. The summed E-state index contributed by atoms with van der Waals surface area (Å²) < 4.78 is 167. The third kappa shape index (κ3) is 6.10. The van der Waals surface area contributed by atoms with Gasteiger partial charge in [0.25, 0.3) is 11.2 Å². The Kier molecular flexibility index (Phi) is 8.92. The average molecular weight is 594 g/mol. The monoisotopic (exact) mass is 594 g/mol. The lowest BCUT2D eigenvalue weighted by molar-refractivity contribution is -0.378. The van der Waals surface area contributed by atoms with Crippen molar-refractivity contribution in [3.63, 3.8) is 0 Å². The number of ether oxygens (including phenoxy) is 1. The van der Waals surface area contributed by atoms with Crippen LogP contribution in [0.3, 0.4) is 0 Å².